The van der Waals surface area contributed by atoms with E-state index in [9.17, 15) is 0 Å². The smallest absolute Gasteiger partial charge is 0.0935 e. The quantitative estimate of drug-likeness (QED) is 0.573. The van der Waals surface area contributed by atoms with Crippen molar-refractivity contribution in [2.24, 2.45) is 11.8 Å². The molecule has 0 spiro atoms. The zero-order chi connectivity index (χ0) is 14.8. The van der Waals surface area contributed by atoms with Crippen LogP contribution in [0.25, 0.3) is 0 Å². The largest absolute Gasteiger partial charge is 0.378 e. The predicted molar refractivity (Wildman–Crippen MR) is 85.1 cm³/mol. The van der Waals surface area contributed by atoms with E-state index >= 15 is 0 Å². The summed E-state index contributed by atoms with van der Waals surface area (Å²) in [6, 6.07) is 0. The molecule has 120 valence electrons. The second kappa shape index (κ2) is 10.6. The Balaban J connectivity index is 2.05. The summed E-state index contributed by atoms with van der Waals surface area (Å²) in [6.45, 7) is 14.8. The lowest BCUT2D eigenvalue weighted by atomic mass is 10.1. The highest BCUT2D eigenvalue weighted by molar-refractivity contribution is 4.71. The van der Waals surface area contributed by atoms with Gasteiger partial charge in [0.25, 0.3) is 0 Å². The van der Waals surface area contributed by atoms with Crippen LogP contribution in [0.2, 0.25) is 0 Å². The van der Waals surface area contributed by atoms with E-state index < -0.39 is 0 Å². The third-order valence-electron chi connectivity index (χ3n) is 3.73. The van der Waals surface area contributed by atoms with Crippen molar-refractivity contribution < 1.29 is 9.47 Å². The molecule has 1 fully saturated rings. The van der Waals surface area contributed by atoms with E-state index in [1.54, 1.807) is 0 Å². The first kappa shape index (κ1) is 17.9. The third-order valence-corrected chi connectivity index (χ3v) is 3.73. The van der Waals surface area contributed by atoms with Crippen LogP contribution in [0.1, 0.15) is 53.4 Å². The Kier molecular flexibility index (Phi) is 9.49. The van der Waals surface area contributed by atoms with E-state index in [0.717, 1.165) is 38.8 Å². The number of ether oxygens (including phenoxy) is 2. The minimum absolute atomic E-state index is 0.276. The van der Waals surface area contributed by atoms with Crippen molar-refractivity contribution in [3.05, 3.63) is 0 Å². The summed E-state index contributed by atoms with van der Waals surface area (Å²) < 4.78 is 11.5. The Labute approximate surface area is 126 Å². The van der Waals surface area contributed by atoms with Gasteiger partial charge in [0.2, 0.25) is 0 Å². The van der Waals surface area contributed by atoms with Crippen LogP contribution < -0.4 is 0 Å². The van der Waals surface area contributed by atoms with Crippen LogP contribution in [0.5, 0.6) is 0 Å². The highest BCUT2D eigenvalue weighted by atomic mass is 16.5. The Bertz CT molecular complexity index is 231. The van der Waals surface area contributed by atoms with E-state index in [2.05, 4.69) is 32.6 Å². The van der Waals surface area contributed by atoms with Gasteiger partial charge in [0.15, 0.2) is 0 Å². The van der Waals surface area contributed by atoms with Crippen molar-refractivity contribution in [3.63, 3.8) is 0 Å². The van der Waals surface area contributed by atoms with Crippen molar-refractivity contribution >= 4 is 0 Å². The van der Waals surface area contributed by atoms with Crippen LogP contribution in [0.4, 0.5) is 0 Å². The van der Waals surface area contributed by atoms with Gasteiger partial charge in [0.1, 0.15) is 0 Å². The second-order valence-corrected chi connectivity index (χ2v) is 6.97. The first-order valence-electron chi connectivity index (χ1n) is 8.49. The molecule has 1 heterocycles. The monoisotopic (exact) mass is 285 g/mol. The minimum atomic E-state index is 0.276. The molecule has 0 unspecified atom stereocenters. The molecule has 3 heteroatoms. The highest BCUT2D eigenvalue weighted by Gasteiger charge is 2.20. The molecule has 0 aliphatic carbocycles. The van der Waals surface area contributed by atoms with Gasteiger partial charge in [-0.1, -0.05) is 47.0 Å². The molecule has 1 saturated heterocycles. The average molecular weight is 285 g/mol. The molecule has 1 atom stereocenters. The van der Waals surface area contributed by atoms with Crippen molar-refractivity contribution in [2.45, 2.75) is 59.5 Å². The maximum Gasteiger partial charge on any atom is 0.0935 e. The highest BCUT2D eigenvalue weighted by Crippen LogP contribution is 2.11. The molecule has 0 bridgehead atoms. The van der Waals surface area contributed by atoms with E-state index in [4.69, 9.17) is 9.47 Å². The summed E-state index contributed by atoms with van der Waals surface area (Å²) in [7, 11) is 0. The summed E-state index contributed by atoms with van der Waals surface area (Å²) >= 11 is 0. The lowest BCUT2D eigenvalue weighted by molar-refractivity contribution is -0.0722. The SMILES string of the molecule is CC(C)CCCCCN1CCO[C@H](COCC(C)C)C1. The first-order valence-corrected chi connectivity index (χ1v) is 8.49. The molecule has 1 aliphatic heterocycles. The maximum atomic E-state index is 5.78. The zero-order valence-corrected chi connectivity index (χ0v) is 14.1. The van der Waals surface area contributed by atoms with Gasteiger partial charge in [-0.05, 0) is 24.8 Å². The van der Waals surface area contributed by atoms with Crippen LogP contribution >= 0.6 is 0 Å². The standard InChI is InChI=1S/C17H35NO2/c1-15(2)8-6-5-7-9-18-10-11-20-17(12-18)14-19-13-16(3)4/h15-17H,5-14H2,1-4H3/t17-/m0/s1. The average Bonchev–Trinajstić information content (AvgIpc) is 2.38. The molecule has 0 saturated carbocycles. The van der Waals surface area contributed by atoms with Gasteiger partial charge in [0, 0.05) is 19.7 Å². The molecule has 0 aromatic rings. The fourth-order valence-corrected chi connectivity index (χ4v) is 2.58. The molecule has 3 nitrogen and oxygen atoms in total. The zero-order valence-electron chi connectivity index (χ0n) is 14.1. The summed E-state index contributed by atoms with van der Waals surface area (Å²) in [4.78, 5) is 2.54. The Morgan fingerprint density at radius 1 is 1.10 bits per heavy atom. The van der Waals surface area contributed by atoms with Crippen LogP contribution in [0.3, 0.4) is 0 Å². The summed E-state index contributed by atoms with van der Waals surface area (Å²) in [5, 5.41) is 0. The minimum Gasteiger partial charge on any atom is -0.378 e. The van der Waals surface area contributed by atoms with Gasteiger partial charge in [-0.2, -0.15) is 0 Å². The summed E-state index contributed by atoms with van der Waals surface area (Å²) in [5.74, 6) is 1.46. The summed E-state index contributed by atoms with van der Waals surface area (Å²) in [6.07, 6.45) is 5.71. The van der Waals surface area contributed by atoms with E-state index in [1.165, 1.54) is 32.2 Å². The molecule has 0 N–H and O–H groups in total. The number of hydrogen-bond donors (Lipinski definition) is 0. The fraction of sp³-hybridized carbons (Fsp3) is 1.00. The van der Waals surface area contributed by atoms with Gasteiger partial charge in [0.05, 0.1) is 19.3 Å². The normalized spacial score (nSPS) is 21.0. The van der Waals surface area contributed by atoms with Crippen LogP contribution in [-0.4, -0.2) is 50.5 Å². The Morgan fingerprint density at radius 2 is 1.90 bits per heavy atom. The maximum absolute atomic E-state index is 5.78. The van der Waals surface area contributed by atoms with Gasteiger partial charge >= 0.3 is 0 Å². The lowest BCUT2D eigenvalue weighted by Crippen LogP contribution is -2.44. The van der Waals surface area contributed by atoms with Crippen LogP contribution in [0, 0.1) is 11.8 Å². The van der Waals surface area contributed by atoms with E-state index in [-0.39, 0.29) is 6.10 Å². The molecule has 0 aromatic heterocycles. The van der Waals surface area contributed by atoms with Gasteiger partial charge < -0.3 is 9.47 Å². The molecular formula is C17H35NO2. The number of morpholine rings is 1. The van der Waals surface area contributed by atoms with Crippen LogP contribution in [-0.2, 0) is 9.47 Å². The van der Waals surface area contributed by atoms with Gasteiger partial charge in [-0.25, -0.2) is 0 Å². The second-order valence-electron chi connectivity index (χ2n) is 6.97. The number of rotatable bonds is 10. The van der Waals surface area contributed by atoms with E-state index in [1.807, 2.05) is 0 Å². The molecule has 0 amide bonds. The molecule has 0 radical (unpaired) electrons. The van der Waals surface area contributed by atoms with Crippen molar-refractivity contribution in [1.82, 2.24) is 4.90 Å². The Hall–Kier alpha value is -0.120. The first-order chi connectivity index (χ1) is 9.58. The van der Waals surface area contributed by atoms with Crippen molar-refractivity contribution in [3.8, 4) is 0 Å². The third kappa shape index (κ3) is 8.93. The van der Waals surface area contributed by atoms with Crippen molar-refractivity contribution in [1.29, 1.82) is 0 Å². The molecular weight excluding hydrogens is 250 g/mol. The molecule has 0 aromatic carbocycles. The number of hydrogen-bond acceptors (Lipinski definition) is 3. The summed E-state index contributed by atoms with van der Waals surface area (Å²) in [5.41, 5.74) is 0. The molecule has 20 heavy (non-hydrogen) atoms. The molecule has 1 aliphatic rings. The molecule has 1 rings (SSSR count). The lowest BCUT2D eigenvalue weighted by Gasteiger charge is -2.32. The predicted octanol–water partition coefficient (Wildman–Crippen LogP) is 3.58. The Morgan fingerprint density at radius 3 is 2.60 bits per heavy atom. The fourth-order valence-electron chi connectivity index (χ4n) is 2.58. The number of unbranched alkanes of at least 4 members (excludes halogenated alkanes) is 2. The number of nitrogens with zero attached hydrogens (tertiary/aromatic N) is 1. The van der Waals surface area contributed by atoms with Gasteiger partial charge in [-0.3, -0.25) is 4.90 Å². The van der Waals surface area contributed by atoms with Crippen molar-refractivity contribution in [2.75, 3.05) is 39.5 Å². The van der Waals surface area contributed by atoms with Gasteiger partial charge in [-0.15, -0.1) is 0 Å². The van der Waals surface area contributed by atoms with Crippen LogP contribution in [0.15, 0.2) is 0 Å². The van der Waals surface area contributed by atoms with E-state index in [0.29, 0.717) is 5.92 Å². The topological polar surface area (TPSA) is 21.7 Å².